The van der Waals surface area contributed by atoms with Crippen LogP contribution in [-0.2, 0) is 16.1 Å². The molecule has 136 valence electrons. The Balaban J connectivity index is 1.80. The minimum absolute atomic E-state index is 0.0154. The molecule has 2 aliphatic rings. The van der Waals surface area contributed by atoms with Gasteiger partial charge in [-0.25, -0.2) is 4.79 Å². The number of carbonyl (C=O) groups is 2. The fraction of sp³-hybridized carbons (Fsp3) is 0.579. The summed E-state index contributed by atoms with van der Waals surface area (Å²) in [4.78, 5) is 28.8. The Morgan fingerprint density at radius 3 is 2.64 bits per heavy atom. The number of carboxylic acid groups (broad SMARTS) is 1. The molecule has 0 aliphatic carbocycles. The fourth-order valence-corrected chi connectivity index (χ4v) is 4.00. The molecular formula is C19H26N2O4. The van der Waals surface area contributed by atoms with Gasteiger partial charge in [-0.3, -0.25) is 9.69 Å². The van der Waals surface area contributed by atoms with Crippen molar-refractivity contribution < 1.29 is 19.4 Å². The number of methoxy groups -OCH3 is 1. The van der Waals surface area contributed by atoms with Crippen LogP contribution in [0.3, 0.4) is 0 Å². The van der Waals surface area contributed by atoms with Crippen molar-refractivity contribution in [3.8, 4) is 0 Å². The van der Waals surface area contributed by atoms with Gasteiger partial charge in [0.1, 0.15) is 0 Å². The number of nitrogens with zero attached hydrogens (tertiary/aromatic N) is 2. The Kier molecular flexibility index (Phi) is 5.39. The van der Waals surface area contributed by atoms with Crippen LogP contribution in [0.4, 0.5) is 0 Å². The molecule has 1 aromatic carbocycles. The summed E-state index contributed by atoms with van der Waals surface area (Å²) >= 11 is 0. The third-order valence-electron chi connectivity index (χ3n) is 5.29. The third-order valence-corrected chi connectivity index (χ3v) is 5.29. The van der Waals surface area contributed by atoms with Gasteiger partial charge >= 0.3 is 5.97 Å². The maximum Gasteiger partial charge on any atom is 0.332 e. The number of carbonyl (C=O) groups excluding carboxylic acids is 1. The lowest BCUT2D eigenvalue weighted by Gasteiger charge is -2.34. The molecule has 2 aliphatic heterocycles. The van der Waals surface area contributed by atoms with Gasteiger partial charge in [-0.05, 0) is 56.5 Å². The molecule has 0 aromatic heterocycles. The summed E-state index contributed by atoms with van der Waals surface area (Å²) in [6.07, 6.45) is 3.55. The summed E-state index contributed by atoms with van der Waals surface area (Å²) in [5.41, 5.74) is 0.400. The van der Waals surface area contributed by atoms with Gasteiger partial charge in [0.25, 0.3) is 5.91 Å². The van der Waals surface area contributed by atoms with Crippen molar-refractivity contribution in [3.05, 3.63) is 35.4 Å². The van der Waals surface area contributed by atoms with Gasteiger partial charge in [0.2, 0.25) is 0 Å². The Bertz CT molecular complexity index is 642. The van der Waals surface area contributed by atoms with E-state index in [4.69, 9.17) is 4.74 Å². The molecule has 0 radical (unpaired) electrons. The van der Waals surface area contributed by atoms with Crippen LogP contribution in [-0.4, -0.2) is 65.7 Å². The molecule has 0 bridgehead atoms. The van der Waals surface area contributed by atoms with E-state index in [0.717, 1.165) is 25.2 Å². The van der Waals surface area contributed by atoms with Crippen molar-refractivity contribution in [1.29, 1.82) is 0 Å². The predicted molar refractivity (Wildman–Crippen MR) is 93.5 cm³/mol. The van der Waals surface area contributed by atoms with Gasteiger partial charge in [0.05, 0.1) is 6.61 Å². The van der Waals surface area contributed by atoms with Crippen molar-refractivity contribution in [2.75, 3.05) is 33.4 Å². The summed E-state index contributed by atoms with van der Waals surface area (Å²) < 4.78 is 5.14. The van der Waals surface area contributed by atoms with Crippen LogP contribution >= 0.6 is 0 Å². The molecule has 1 aromatic rings. The molecule has 1 amide bonds. The van der Waals surface area contributed by atoms with Crippen LogP contribution in [0.15, 0.2) is 24.3 Å². The van der Waals surface area contributed by atoms with E-state index in [0.29, 0.717) is 24.9 Å². The number of amides is 1. The minimum atomic E-state index is -1.25. The number of rotatable bonds is 6. The molecule has 3 rings (SSSR count). The minimum Gasteiger partial charge on any atom is -0.479 e. The van der Waals surface area contributed by atoms with Gasteiger partial charge in [0.15, 0.2) is 5.54 Å². The highest BCUT2D eigenvalue weighted by atomic mass is 16.5. The van der Waals surface area contributed by atoms with Crippen molar-refractivity contribution in [3.63, 3.8) is 0 Å². The summed E-state index contributed by atoms with van der Waals surface area (Å²) in [6.45, 7) is 3.50. The van der Waals surface area contributed by atoms with Crippen LogP contribution in [0.5, 0.6) is 0 Å². The zero-order valence-electron chi connectivity index (χ0n) is 14.7. The molecule has 1 N–H and O–H groups in total. The van der Waals surface area contributed by atoms with E-state index in [1.54, 1.807) is 6.07 Å². The molecule has 2 saturated heterocycles. The highest BCUT2D eigenvalue weighted by Gasteiger charge is 2.50. The van der Waals surface area contributed by atoms with E-state index in [-0.39, 0.29) is 12.5 Å². The molecule has 2 heterocycles. The molecule has 0 saturated carbocycles. The van der Waals surface area contributed by atoms with Crippen molar-refractivity contribution >= 4 is 11.9 Å². The molecule has 1 unspecified atom stereocenters. The standard InChI is InChI=1S/C19H26N2O4/c1-25-14-19(18(23)24)8-5-11-21(19)17(22)16-7-4-6-15(12-16)13-20-9-2-3-10-20/h4,6-7,12H,2-3,5,8-11,13-14H2,1H3,(H,23,24). The first-order chi connectivity index (χ1) is 12.1. The molecule has 2 fully saturated rings. The van der Waals surface area contributed by atoms with Gasteiger partial charge in [-0.2, -0.15) is 0 Å². The third kappa shape index (κ3) is 3.55. The van der Waals surface area contributed by atoms with Crippen LogP contribution < -0.4 is 0 Å². The normalized spacial score (nSPS) is 24.0. The SMILES string of the molecule is COCC1(C(=O)O)CCCN1C(=O)c1cccc(CN2CCCC2)c1. The Hall–Kier alpha value is -1.92. The second kappa shape index (κ2) is 7.54. The van der Waals surface area contributed by atoms with Crippen molar-refractivity contribution in [2.45, 2.75) is 37.8 Å². The van der Waals surface area contributed by atoms with Crippen LogP contribution in [0, 0.1) is 0 Å². The first-order valence-corrected chi connectivity index (χ1v) is 8.92. The van der Waals surface area contributed by atoms with E-state index in [1.165, 1.54) is 24.9 Å². The van der Waals surface area contributed by atoms with Crippen LogP contribution in [0.2, 0.25) is 0 Å². The number of likely N-dealkylation sites (tertiary alicyclic amines) is 2. The molecule has 1 atom stereocenters. The first-order valence-electron chi connectivity index (χ1n) is 8.92. The van der Waals surface area contributed by atoms with Gasteiger partial charge in [0, 0.05) is 25.8 Å². The average Bonchev–Trinajstić information content (AvgIpc) is 3.25. The topological polar surface area (TPSA) is 70.1 Å². The summed E-state index contributed by atoms with van der Waals surface area (Å²) in [7, 11) is 1.47. The van der Waals surface area contributed by atoms with Crippen LogP contribution in [0.1, 0.15) is 41.6 Å². The molecule has 6 nitrogen and oxygen atoms in total. The van der Waals surface area contributed by atoms with E-state index < -0.39 is 11.5 Å². The second-order valence-electron chi connectivity index (χ2n) is 7.01. The smallest absolute Gasteiger partial charge is 0.332 e. The number of hydrogen-bond donors (Lipinski definition) is 1. The second-order valence-corrected chi connectivity index (χ2v) is 7.01. The summed E-state index contributed by atoms with van der Waals surface area (Å²) in [6, 6.07) is 7.58. The number of benzene rings is 1. The van der Waals surface area contributed by atoms with Crippen molar-refractivity contribution in [1.82, 2.24) is 9.80 Å². The van der Waals surface area contributed by atoms with Crippen molar-refractivity contribution in [2.24, 2.45) is 0 Å². The highest BCUT2D eigenvalue weighted by Crippen LogP contribution is 2.32. The maximum atomic E-state index is 13.0. The lowest BCUT2D eigenvalue weighted by Crippen LogP contribution is -2.56. The molecule has 0 spiro atoms. The molecule has 25 heavy (non-hydrogen) atoms. The largest absolute Gasteiger partial charge is 0.479 e. The monoisotopic (exact) mass is 346 g/mol. The Morgan fingerprint density at radius 1 is 1.20 bits per heavy atom. The quantitative estimate of drug-likeness (QED) is 0.853. The Morgan fingerprint density at radius 2 is 1.96 bits per heavy atom. The van der Waals surface area contributed by atoms with E-state index in [1.807, 2.05) is 18.2 Å². The first kappa shape index (κ1) is 17.9. The number of ether oxygens (including phenoxy) is 1. The summed E-state index contributed by atoms with van der Waals surface area (Å²) in [5, 5.41) is 9.72. The zero-order chi connectivity index (χ0) is 17.9. The van der Waals surface area contributed by atoms with Gasteiger partial charge in [-0.1, -0.05) is 12.1 Å². The maximum absolute atomic E-state index is 13.0. The highest BCUT2D eigenvalue weighted by molar-refractivity contribution is 5.98. The van der Waals surface area contributed by atoms with Crippen LogP contribution in [0.25, 0.3) is 0 Å². The van der Waals surface area contributed by atoms with E-state index in [2.05, 4.69) is 4.90 Å². The summed E-state index contributed by atoms with van der Waals surface area (Å²) in [5.74, 6) is -1.21. The van der Waals surface area contributed by atoms with Gasteiger partial charge < -0.3 is 14.7 Å². The number of carboxylic acids is 1. The predicted octanol–water partition coefficient (Wildman–Crippen LogP) is 1.99. The number of hydrogen-bond acceptors (Lipinski definition) is 4. The lowest BCUT2D eigenvalue weighted by molar-refractivity contribution is -0.151. The van der Waals surface area contributed by atoms with E-state index in [9.17, 15) is 14.7 Å². The lowest BCUT2D eigenvalue weighted by atomic mass is 9.96. The Labute approximate surface area is 148 Å². The fourth-order valence-electron chi connectivity index (χ4n) is 4.00. The van der Waals surface area contributed by atoms with Gasteiger partial charge in [-0.15, -0.1) is 0 Å². The zero-order valence-corrected chi connectivity index (χ0v) is 14.7. The molecular weight excluding hydrogens is 320 g/mol. The molecule has 6 heteroatoms. The van der Waals surface area contributed by atoms with E-state index >= 15 is 0 Å². The average molecular weight is 346 g/mol. The number of aliphatic carboxylic acids is 1.